The van der Waals surface area contributed by atoms with E-state index in [2.05, 4.69) is 54.3 Å². The summed E-state index contributed by atoms with van der Waals surface area (Å²) in [6.07, 6.45) is 5.57. The summed E-state index contributed by atoms with van der Waals surface area (Å²) in [4.78, 5) is 5.06. The quantitative estimate of drug-likeness (QED) is 0.805. The Morgan fingerprint density at radius 2 is 2.11 bits per heavy atom. The number of ether oxygens (including phenoxy) is 1. The molecule has 5 bridgehead atoms. The van der Waals surface area contributed by atoms with Crippen LogP contribution >= 0.6 is 11.8 Å². The molecule has 27 heavy (non-hydrogen) atoms. The van der Waals surface area contributed by atoms with E-state index >= 15 is 0 Å². The van der Waals surface area contributed by atoms with E-state index in [1.54, 1.807) is 11.8 Å². The molecule has 5 fully saturated rings. The first-order valence-electron chi connectivity index (χ1n) is 10.5. The summed E-state index contributed by atoms with van der Waals surface area (Å²) in [7, 11) is 2.27. The van der Waals surface area contributed by atoms with Crippen LogP contribution in [-0.2, 0) is 10.2 Å². The fraction of sp³-hybridized carbons (Fsp3) is 0.727. The first-order valence-corrected chi connectivity index (χ1v) is 11.9. The van der Waals surface area contributed by atoms with E-state index in [1.165, 1.54) is 17.7 Å². The third-order valence-electron chi connectivity index (χ3n) is 8.79. The van der Waals surface area contributed by atoms with Gasteiger partial charge in [0.15, 0.2) is 0 Å². The summed E-state index contributed by atoms with van der Waals surface area (Å²) in [5, 5.41) is 11.2. The number of hydrogen-bond donors (Lipinski definition) is 1. The number of likely N-dealkylation sites (N-methyl/N-ethyl adjacent to an activating group) is 1. The third kappa shape index (κ3) is 1.79. The van der Waals surface area contributed by atoms with Crippen molar-refractivity contribution in [1.29, 1.82) is 0 Å². The molecule has 5 heterocycles. The largest absolute Gasteiger partial charge is 0.378 e. The SMILES string of the molecule is CC[C@H]1[C@@H]2C[C@H]3[C@@H]4N(C)c5ccccc5[C@]45C[C@@H](C2C5OCSC)N3[C@@H]1O. The predicted octanol–water partition coefficient (Wildman–Crippen LogP) is 2.90. The molecule has 1 aromatic rings. The minimum absolute atomic E-state index is 0.0919. The Bertz CT molecular complexity index is 774. The van der Waals surface area contributed by atoms with Crippen LogP contribution in [0.15, 0.2) is 24.3 Å². The second-order valence-corrected chi connectivity index (χ2v) is 10.2. The normalized spacial score (nSPS) is 51.0. The van der Waals surface area contributed by atoms with Gasteiger partial charge in [0.05, 0.1) is 18.1 Å². The maximum absolute atomic E-state index is 11.2. The molecule has 4 saturated heterocycles. The van der Waals surface area contributed by atoms with Gasteiger partial charge in [-0.25, -0.2) is 0 Å². The molecule has 5 aliphatic heterocycles. The molecule has 146 valence electrons. The number of thioether (sulfide) groups is 1. The second-order valence-electron chi connectivity index (χ2n) is 9.36. The van der Waals surface area contributed by atoms with Crippen molar-refractivity contribution in [2.45, 2.75) is 62.1 Å². The van der Waals surface area contributed by atoms with E-state index in [1.807, 2.05) is 0 Å². The highest BCUT2D eigenvalue weighted by Crippen LogP contribution is 2.69. The average Bonchev–Trinajstić information content (AvgIpc) is 3.08. The molecular weight excluding hydrogens is 356 g/mol. The molecule has 0 aromatic heterocycles. The van der Waals surface area contributed by atoms with Crippen LogP contribution in [0.4, 0.5) is 5.69 Å². The third-order valence-corrected chi connectivity index (χ3v) is 9.16. The Hall–Kier alpha value is -0.750. The van der Waals surface area contributed by atoms with Crippen LogP contribution in [0.25, 0.3) is 0 Å². The Kier molecular flexibility index (Phi) is 3.59. The van der Waals surface area contributed by atoms with Crippen molar-refractivity contribution in [1.82, 2.24) is 4.90 Å². The van der Waals surface area contributed by atoms with Crippen molar-refractivity contribution >= 4 is 17.4 Å². The van der Waals surface area contributed by atoms with E-state index in [-0.39, 0.29) is 17.7 Å². The molecule has 6 aliphatic rings. The summed E-state index contributed by atoms with van der Waals surface area (Å²) >= 11 is 1.79. The van der Waals surface area contributed by atoms with Crippen LogP contribution in [0, 0.1) is 17.8 Å². The molecule has 1 aromatic carbocycles. The van der Waals surface area contributed by atoms with Gasteiger partial charge in [0.1, 0.15) is 6.23 Å². The highest BCUT2D eigenvalue weighted by molar-refractivity contribution is 7.98. The Morgan fingerprint density at radius 1 is 1.30 bits per heavy atom. The molecule has 7 rings (SSSR count). The lowest BCUT2D eigenvalue weighted by atomic mass is 9.62. The van der Waals surface area contributed by atoms with Gasteiger partial charge in [-0.3, -0.25) is 4.90 Å². The van der Waals surface area contributed by atoms with Gasteiger partial charge >= 0.3 is 0 Å². The highest BCUT2D eigenvalue weighted by Gasteiger charge is 2.76. The van der Waals surface area contributed by atoms with Crippen molar-refractivity contribution in [2.75, 3.05) is 24.1 Å². The number of piperidine rings is 4. The van der Waals surface area contributed by atoms with Gasteiger partial charge in [0.2, 0.25) is 0 Å². The predicted molar refractivity (Wildman–Crippen MR) is 109 cm³/mol. The maximum Gasteiger partial charge on any atom is 0.111 e. The lowest BCUT2D eigenvalue weighted by Gasteiger charge is -2.62. The fourth-order valence-corrected chi connectivity index (χ4v) is 8.53. The van der Waals surface area contributed by atoms with Gasteiger partial charge in [-0.05, 0) is 43.1 Å². The van der Waals surface area contributed by atoms with Crippen molar-refractivity contribution < 1.29 is 9.84 Å². The molecule has 1 aliphatic carbocycles. The van der Waals surface area contributed by atoms with Gasteiger partial charge in [-0.15, -0.1) is 11.8 Å². The summed E-state index contributed by atoms with van der Waals surface area (Å²) in [6, 6.07) is 10.4. The van der Waals surface area contributed by atoms with Crippen LogP contribution < -0.4 is 4.90 Å². The maximum atomic E-state index is 11.2. The van der Waals surface area contributed by atoms with Crippen LogP contribution in [0.2, 0.25) is 0 Å². The summed E-state index contributed by atoms with van der Waals surface area (Å²) < 4.78 is 6.71. The Balaban J connectivity index is 1.56. The molecule has 5 heteroatoms. The van der Waals surface area contributed by atoms with Crippen LogP contribution in [0.5, 0.6) is 0 Å². The van der Waals surface area contributed by atoms with Crippen LogP contribution in [0.1, 0.15) is 31.7 Å². The molecule has 10 atom stereocenters. The average molecular weight is 387 g/mol. The number of fused-ring (bicyclic) bond motifs is 2. The molecule has 1 spiro atoms. The van der Waals surface area contributed by atoms with Gasteiger partial charge < -0.3 is 14.7 Å². The first kappa shape index (κ1) is 17.1. The number of para-hydroxylation sites is 1. The zero-order valence-corrected chi connectivity index (χ0v) is 17.2. The minimum Gasteiger partial charge on any atom is -0.378 e. The van der Waals surface area contributed by atoms with E-state index in [0.717, 1.165) is 18.8 Å². The summed E-state index contributed by atoms with van der Waals surface area (Å²) in [5.41, 5.74) is 2.98. The van der Waals surface area contributed by atoms with Crippen LogP contribution in [-0.4, -0.2) is 59.7 Å². The Labute approximate surface area is 166 Å². The Morgan fingerprint density at radius 3 is 2.89 bits per heavy atom. The molecule has 0 amide bonds. The number of nitrogens with zero attached hydrogens (tertiary/aromatic N) is 2. The zero-order valence-electron chi connectivity index (χ0n) is 16.4. The van der Waals surface area contributed by atoms with E-state index < -0.39 is 0 Å². The smallest absolute Gasteiger partial charge is 0.111 e. The first-order chi connectivity index (χ1) is 13.1. The molecular formula is C22H30N2O2S. The molecule has 1 saturated carbocycles. The van der Waals surface area contributed by atoms with Gasteiger partial charge in [0.25, 0.3) is 0 Å². The standard InChI is InChI=1S/C22H30N2O2S/c1-4-12-13-9-16-19-22(14-7-5-6-8-15(14)23(19)2)10-17(24(16)21(12)25)18(13)20(22)26-11-27-3/h5-8,12-13,16-21,25H,4,9-11H2,1-3H3/t12-,13-,16-,17-,18?,19-,20?,21+,22+/m0/s1. The van der Waals surface area contributed by atoms with Gasteiger partial charge in [0, 0.05) is 42.1 Å². The van der Waals surface area contributed by atoms with Crippen molar-refractivity contribution in [3.8, 4) is 0 Å². The fourth-order valence-electron chi connectivity index (χ4n) is 8.25. The van der Waals surface area contributed by atoms with Crippen molar-refractivity contribution in [3.05, 3.63) is 29.8 Å². The number of anilines is 1. The number of hydrogen-bond acceptors (Lipinski definition) is 5. The van der Waals surface area contributed by atoms with Crippen LogP contribution in [0.3, 0.4) is 0 Å². The number of aliphatic hydroxyl groups is 1. The van der Waals surface area contributed by atoms with E-state index in [4.69, 9.17) is 4.74 Å². The van der Waals surface area contributed by atoms with E-state index in [9.17, 15) is 5.11 Å². The van der Waals surface area contributed by atoms with Gasteiger partial charge in [-0.1, -0.05) is 25.1 Å². The molecule has 0 radical (unpaired) electrons. The molecule has 4 nitrogen and oxygen atoms in total. The van der Waals surface area contributed by atoms with Crippen molar-refractivity contribution in [2.24, 2.45) is 17.8 Å². The summed E-state index contributed by atoms with van der Waals surface area (Å²) in [6.45, 7) is 2.25. The van der Waals surface area contributed by atoms with E-state index in [0.29, 0.717) is 35.9 Å². The monoisotopic (exact) mass is 386 g/mol. The van der Waals surface area contributed by atoms with Crippen molar-refractivity contribution in [3.63, 3.8) is 0 Å². The number of benzene rings is 1. The molecule has 1 N–H and O–H groups in total. The summed E-state index contributed by atoms with van der Waals surface area (Å²) in [5.74, 6) is 2.33. The highest BCUT2D eigenvalue weighted by atomic mass is 32.2. The number of aliphatic hydroxyl groups excluding tert-OH is 1. The van der Waals surface area contributed by atoms with Gasteiger partial charge in [-0.2, -0.15) is 0 Å². The number of rotatable bonds is 4. The topological polar surface area (TPSA) is 35.9 Å². The second kappa shape index (κ2) is 5.65. The molecule has 3 unspecified atom stereocenters. The minimum atomic E-state index is -0.269. The lowest BCUT2D eigenvalue weighted by molar-refractivity contribution is -0.212. The zero-order chi connectivity index (χ0) is 18.5. The lowest BCUT2D eigenvalue weighted by Crippen LogP contribution is -2.72.